The summed E-state index contributed by atoms with van der Waals surface area (Å²) in [6, 6.07) is 8.41. The number of nitrogens with zero attached hydrogens (tertiary/aromatic N) is 3. The first-order valence-corrected chi connectivity index (χ1v) is 10.8. The number of aromatic nitrogens is 2. The first-order valence-electron chi connectivity index (χ1n) is 10.8. The van der Waals surface area contributed by atoms with Crippen LogP contribution in [0.5, 0.6) is 5.75 Å². The van der Waals surface area contributed by atoms with Gasteiger partial charge in [-0.1, -0.05) is 32.0 Å². The number of amides is 1. The van der Waals surface area contributed by atoms with Crippen molar-refractivity contribution in [3.63, 3.8) is 0 Å². The number of aromatic amines is 1. The highest BCUT2D eigenvalue weighted by atomic mass is 16.5. The minimum Gasteiger partial charge on any atom is -0.493 e. The second-order valence-electron chi connectivity index (χ2n) is 9.05. The summed E-state index contributed by atoms with van der Waals surface area (Å²) in [5, 5.41) is 6.65. The van der Waals surface area contributed by atoms with Crippen LogP contribution in [0, 0.1) is 11.3 Å². The highest BCUT2D eigenvalue weighted by Crippen LogP contribution is 2.41. The van der Waals surface area contributed by atoms with Crippen molar-refractivity contribution < 1.29 is 9.53 Å². The average molecular weight is 397 g/mol. The first-order chi connectivity index (χ1) is 14.0. The summed E-state index contributed by atoms with van der Waals surface area (Å²) in [4.78, 5) is 17.2. The molecule has 2 aliphatic rings. The van der Waals surface area contributed by atoms with E-state index in [1.54, 1.807) is 12.4 Å². The van der Waals surface area contributed by atoms with Crippen LogP contribution < -0.4 is 4.74 Å². The van der Waals surface area contributed by atoms with Gasteiger partial charge in [-0.2, -0.15) is 5.10 Å². The van der Waals surface area contributed by atoms with Gasteiger partial charge in [0.15, 0.2) is 0 Å². The van der Waals surface area contributed by atoms with Crippen LogP contribution in [0.25, 0.3) is 0 Å². The molecule has 2 aliphatic heterocycles. The van der Waals surface area contributed by atoms with Gasteiger partial charge in [-0.25, -0.2) is 0 Å². The number of hydrogen-bond acceptors (Lipinski definition) is 4. The molecule has 0 bridgehead atoms. The van der Waals surface area contributed by atoms with Crippen molar-refractivity contribution in [1.82, 2.24) is 20.0 Å². The third kappa shape index (κ3) is 4.64. The van der Waals surface area contributed by atoms with Crippen LogP contribution in [0.3, 0.4) is 0 Å². The average Bonchev–Trinajstić information content (AvgIpc) is 3.40. The molecule has 0 saturated carbocycles. The summed E-state index contributed by atoms with van der Waals surface area (Å²) >= 11 is 0. The van der Waals surface area contributed by atoms with Crippen molar-refractivity contribution in [3.05, 3.63) is 47.8 Å². The van der Waals surface area contributed by atoms with E-state index in [1.807, 2.05) is 4.90 Å². The molecule has 156 valence electrons. The molecule has 4 rings (SSSR count). The van der Waals surface area contributed by atoms with E-state index in [1.165, 1.54) is 5.56 Å². The topological polar surface area (TPSA) is 61.5 Å². The number of ether oxygens (including phenoxy) is 1. The van der Waals surface area contributed by atoms with E-state index in [2.05, 4.69) is 53.2 Å². The van der Waals surface area contributed by atoms with Crippen LogP contribution in [0.1, 0.15) is 49.0 Å². The van der Waals surface area contributed by atoms with Crippen molar-refractivity contribution in [1.29, 1.82) is 0 Å². The number of H-pyrrole nitrogens is 1. The van der Waals surface area contributed by atoms with Crippen molar-refractivity contribution >= 4 is 5.91 Å². The van der Waals surface area contributed by atoms with Crippen LogP contribution in [0.4, 0.5) is 0 Å². The van der Waals surface area contributed by atoms with Gasteiger partial charge in [-0.05, 0) is 49.8 Å². The zero-order valence-corrected chi connectivity index (χ0v) is 17.6. The summed E-state index contributed by atoms with van der Waals surface area (Å²) in [5.41, 5.74) is 2.22. The molecule has 0 unspecified atom stereocenters. The fraction of sp³-hybridized carbons (Fsp3) is 0.565. The van der Waals surface area contributed by atoms with Gasteiger partial charge in [0.05, 0.1) is 18.4 Å². The fourth-order valence-corrected chi connectivity index (χ4v) is 4.53. The van der Waals surface area contributed by atoms with Gasteiger partial charge >= 0.3 is 0 Å². The Kier molecular flexibility index (Phi) is 5.90. The second kappa shape index (κ2) is 8.57. The van der Waals surface area contributed by atoms with Gasteiger partial charge < -0.3 is 9.64 Å². The number of benzene rings is 1. The molecule has 29 heavy (non-hydrogen) atoms. The van der Waals surface area contributed by atoms with Gasteiger partial charge in [-0.15, -0.1) is 0 Å². The van der Waals surface area contributed by atoms with E-state index in [0.29, 0.717) is 11.5 Å². The summed E-state index contributed by atoms with van der Waals surface area (Å²) in [5.74, 6) is 1.64. The van der Waals surface area contributed by atoms with Gasteiger partial charge in [0.1, 0.15) is 5.75 Å². The van der Waals surface area contributed by atoms with E-state index < -0.39 is 0 Å². The molecule has 2 fully saturated rings. The number of carbonyl (C=O) groups excluding carboxylic acids is 1. The summed E-state index contributed by atoms with van der Waals surface area (Å²) in [6.45, 7) is 9.92. The van der Waals surface area contributed by atoms with Crippen molar-refractivity contribution in [3.8, 4) is 5.75 Å². The summed E-state index contributed by atoms with van der Waals surface area (Å²) < 4.78 is 6.03. The largest absolute Gasteiger partial charge is 0.493 e. The monoisotopic (exact) mass is 396 g/mol. The van der Waals surface area contributed by atoms with Crippen molar-refractivity contribution in [2.75, 3.05) is 32.8 Å². The Morgan fingerprint density at radius 2 is 1.97 bits per heavy atom. The highest BCUT2D eigenvalue weighted by molar-refractivity contribution is 5.93. The molecule has 0 atom stereocenters. The lowest BCUT2D eigenvalue weighted by Gasteiger charge is -2.39. The number of piperidine rings is 1. The Bertz CT molecular complexity index is 810. The molecular formula is C23H32N4O2. The molecule has 0 radical (unpaired) electrons. The number of hydrogen-bond donors (Lipinski definition) is 1. The SMILES string of the molecule is CC(C)COc1ccccc1CN1CCC2(CC1)CCN(C(=O)c1cn[nH]c1)C2. The summed E-state index contributed by atoms with van der Waals surface area (Å²) in [6.07, 6.45) is 6.72. The maximum atomic E-state index is 12.6. The standard InChI is InChI=1S/C23H32N4O2/c1-18(2)16-29-21-6-4-3-5-19(21)15-26-10-7-23(8-11-26)9-12-27(17-23)22(28)20-13-24-25-14-20/h3-6,13-14,18H,7-12,15-17H2,1-2H3,(H,24,25). The van der Waals surface area contributed by atoms with Crippen LogP contribution in [0.15, 0.2) is 36.7 Å². The van der Waals surface area contributed by atoms with Gasteiger partial charge in [0, 0.05) is 31.4 Å². The normalized spacial score (nSPS) is 19.2. The Hall–Kier alpha value is -2.34. The number of carbonyl (C=O) groups is 1. The van der Waals surface area contributed by atoms with Gasteiger partial charge in [-0.3, -0.25) is 14.8 Å². The van der Waals surface area contributed by atoms with Gasteiger partial charge in [0.25, 0.3) is 5.91 Å². The number of nitrogens with one attached hydrogen (secondary N) is 1. The predicted molar refractivity (Wildman–Crippen MR) is 113 cm³/mol. The first kappa shape index (κ1) is 20.0. The molecule has 6 heteroatoms. The van der Waals surface area contributed by atoms with E-state index in [0.717, 1.165) is 64.3 Å². The molecule has 1 N–H and O–H groups in total. The Morgan fingerprint density at radius 3 is 2.69 bits per heavy atom. The lowest BCUT2D eigenvalue weighted by atomic mass is 9.77. The minimum absolute atomic E-state index is 0.106. The fourth-order valence-electron chi connectivity index (χ4n) is 4.53. The van der Waals surface area contributed by atoms with Gasteiger partial charge in [0.2, 0.25) is 0 Å². The van der Waals surface area contributed by atoms with Crippen LogP contribution in [-0.2, 0) is 6.54 Å². The third-order valence-corrected chi connectivity index (χ3v) is 6.33. The molecule has 1 aromatic heterocycles. The molecule has 1 amide bonds. The molecule has 6 nitrogen and oxygen atoms in total. The lowest BCUT2D eigenvalue weighted by molar-refractivity contribution is 0.0712. The molecule has 0 aliphatic carbocycles. The predicted octanol–water partition coefficient (Wildman–Crippen LogP) is 3.57. The minimum atomic E-state index is 0.106. The van der Waals surface area contributed by atoms with E-state index in [-0.39, 0.29) is 11.3 Å². The molecular weight excluding hydrogens is 364 g/mol. The van der Waals surface area contributed by atoms with Crippen LogP contribution in [0.2, 0.25) is 0 Å². The molecule has 2 aromatic rings. The van der Waals surface area contributed by atoms with Crippen molar-refractivity contribution in [2.45, 2.75) is 39.7 Å². The molecule has 2 saturated heterocycles. The zero-order valence-electron chi connectivity index (χ0n) is 17.6. The number of rotatable bonds is 6. The molecule has 1 aromatic carbocycles. The Labute approximate surface area is 173 Å². The summed E-state index contributed by atoms with van der Waals surface area (Å²) in [7, 11) is 0. The van der Waals surface area contributed by atoms with E-state index >= 15 is 0 Å². The lowest BCUT2D eigenvalue weighted by Crippen LogP contribution is -2.42. The van der Waals surface area contributed by atoms with E-state index in [4.69, 9.17) is 4.74 Å². The maximum Gasteiger partial charge on any atom is 0.257 e. The molecule has 1 spiro atoms. The Morgan fingerprint density at radius 1 is 1.21 bits per heavy atom. The third-order valence-electron chi connectivity index (χ3n) is 6.33. The quantitative estimate of drug-likeness (QED) is 0.811. The van der Waals surface area contributed by atoms with E-state index in [9.17, 15) is 4.79 Å². The maximum absolute atomic E-state index is 12.6. The number of likely N-dealkylation sites (tertiary alicyclic amines) is 2. The smallest absolute Gasteiger partial charge is 0.257 e. The number of para-hydroxylation sites is 1. The zero-order chi connectivity index (χ0) is 20.3. The van der Waals surface area contributed by atoms with Crippen LogP contribution >= 0.6 is 0 Å². The van der Waals surface area contributed by atoms with Crippen molar-refractivity contribution in [2.24, 2.45) is 11.3 Å². The van der Waals surface area contributed by atoms with Crippen LogP contribution in [-0.4, -0.2) is 58.7 Å². The highest BCUT2D eigenvalue weighted by Gasteiger charge is 2.42. The Balaban J connectivity index is 1.32. The second-order valence-corrected chi connectivity index (χ2v) is 9.05. The molecule has 3 heterocycles.